The van der Waals surface area contributed by atoms with E-state index in [0.29, 0.717) is 10.9 Å². The lowest BCUT2D eigenvalue weighted by Gasteiger charge is -2.16. The van der Waals surface area contributed by atoms with Crippen molar-refractivity contribution in [2.75, 3.05) is 19.3 Å². The molecule has 0 bridgehead atoms. The molecule has 132 valence electrons. The van der Waals surface area contributed by atoms with Crippen LogP contribution in [0.5, 0.6) is 0 Å². The topological polar surface area (TPSA) is 50.2 Å². The second kappa shape index (κ2) is 6.80. The highest BCUT2D eigenvalue weighted by atomic mass is 32.2. The van der Waals surface area contributed by atoms with E-state index >= 15 is 0 Å². The molecular weight excluding hydrogens is 339 g/mol. The number of imidazole rings is 1. The van der Waals surface area contributed by atoms with Gasteiger partial charge in [0.2, 0.25) is 0 Å². The van der Waals surface area contributed by atoms with Crippen molar-refractivity contribution in [1.29, 1.82) is 0 Å². The summed E-state index contributed by atoms with van der Waals surface area (Å²) in [4.78, 5) is 19.6. The van der Waals surface area contributed by atoms with Gasteiger partial charge in [-0.05, 0) is 49.8 Å². The van der Waals surface area contributed by atoms with Crippen molar-refractivity contribution in [1.82, 2.24) is 19.8 Å². The van der Waals surface area contributed by atoms with E-state index in [1.54, 1.807) is 22.9 Å². The number of carbonyl (C=O) groups excluding carboxylic acids is 1. The number of likely N-dealkylation sites (tertiary alicyclic amines) is 1. The second-order valence-electron chi connectivity index (χ2n) is 6.63. The smallest absolute Gasteiger partial charge is 0.270 e. The Hall–Kier alpha value is -1.86. The van der Waals surface area contributed by atoms with Gasteiger partial charge in [0.15, 0.2) is 5.16 Å². The summed E-state index contributed by atoms with van der Waals surface area (Å²) in [5.74, 6) is -0.425. The number of nitrogens with zero attached hydrogens (tertiary/aromatic N) is 3. The molecule has 1 unspecified atom stereocenters. The maximum absolute atomic E-state index is 13.2. The molecule has 5 nitrogen and oxygen atoms in total. The van der Waals surface area contributed by atoms with Crippen molar-refractivity contribution in [3.8, 4) is 5.69 Å². The van der Waals surface area contributed by atoms with Crippen LogP contribution >= 0.6 is 11.8 Å². The van der Waals surface area contributed by atoms with E-state index in [9.17, 15) is 9.18 Å². The van der Waals surface area contributed by atoms with Crippen LogP contribution in [0.2, 0.25) is 0 Å². The van der Waals surface area contributed by atoms with Crippen molar-refractivity contribution in [2.24, 2.45) is 0 Å². The number of aromatic nitrogens is 2. The molecule has 1 aliphatic heterocycles. The van der Waals surface area contributed by atoms with E-state index in [0.717, 1.165) is 31.2 Å². The molecule has 2 heterocycles. The van der Waals surface area contributed by atoms with E-state index in [-0.39, 0.29) is 17.8 Å². The maximum atomic E-state index is 13.2. The second-order valence-corrected chi connectivity index (χ2v) is 7.40. The fraction of sp³-hybridized carbons (Fsp3) is 0.444. The molecule has 0 radical (unpaired) electrons. The fourth-order valence-electron chi connectivity index (χ4n) is 3.41. The van der Waals surface area contributed by atoms with Gasteiger partial charge < -0.3 is 5.32 Å². The van der Waals surface area contributed by atoms with Gasteiger partial charge in [-0.1, -0.05) is 11.8 Å². The van der Waals surface area contributed by atoms with Crippen molar-refractivity contribution in [2.45, 2.75) is 36.5 Å². The fourth-order valence-corrected chi connectivity index (χ4v) is 3.96. The van der Waals surface area contributed by atoms with Gasteiger partial charge in [0.05, 0.1) is 6.20 Å². The van der Waals surface area contributed by atoms with E-state index in [4.69, 9.17) is 0 Å². The minimum Gasteiger partial charge on any atom is -0.347 e. The van der Waals surface area contributed by atoms with Gasteiger partial charge >= 0.3 is 0 Å². The lowest BCUT2D eigenvalue weighted by atomic mass is 10.2. The molecular formula is C18H21FN4OS. The lowest BCUT2D eigenvalue weighted by molar-refractivity contribution is 0.0930. The Balaban J connectivity index is 1.54. The Morgan fingerprint density at radius 3 is 2.72 bits per heavy atom. The van der Waals surface area contributed by atoms with Crippen molar-refractivity contribution < 1.29 is 9.18 Å². The number of rotatable bonds is 5. The maximum Gasteiger partial charge on any atom is 0.270 e. The third-order valence-electron chi connectivity index (χ3n) is 4.85. The van der Waals surface area contributed by atoms with Crippen LogP contribution in [-0.4, -0.2) is 51.8 Å². The summed E-state index contributed by atoms with van der Waals surface area (Å²) in [7, 11) is 0. The Kier molecular flexibility index (Phi) is 4.52. The Labute approximate surface area is 150 Å². The van der Waals surface area contributed by atoms with Crippen molar-refractivity contribution in [3.63, 3.8) is 0 Å². The summed E-state index contributed by atoms with van der Waals surface area (Å²) in [6.07, 6.45) is 7.07. The highest BCUT2D eigenvalue weighted by Crippen LogP contribution is 2.30. The molecule has 2 fully saturated rings. The van der Waals surface area contributed by atoms with Crippen molar-refractivity contribution in [3.05, 3.63) is 42.0 Å². The monoisotopic (exact) mass is 360 g/mol. The highest BCUT2D eigenvalue weighted by Gasteiger charge is 2.35. The minimum absolute atomic E-state index is 0.125. The number of halogens is 1. The van der Waals surface area contributed by atoms with Gasteiger partial charge in [0.25, 0.3) is 5.91 Å². The first-order valence-electron chi connectivity index (χ1n) is 8.58. The average Bonchev–Trinajstić information content (AvgIpc) is 3.20. The molecule has 1 N–H and O–H groups in total. The van der Waals surface area contributed by atoms with Gasteiger partial charge in [-0.3, -0.25) is 14.3 Å². The molecule has 4 rings (SSSR count). The number of benzene rings is 1. The number of thioether (sulfide) groups is 1. The molecule has 1 aromatic heterocycles. The molecule has 2 aliphatic rings. The van der Waals surface area contributed by atoms with Crippen LogP contribution in [0.4, 0.5) is 4.39 Å². The summed E-state index contributed by atoms with van der Waals surface area (Å²) in [5, 5.41) is 3.85. The van der Waals surface area contributed by atoms with Gasteiger partial charge in [-0.15, -0.1) is 0 Å². The molecule has 2 aromatic rings. The third-order valence-corrected chi connectivity index (χ3v) is 5.50. The Morgan fingerprint density at radius 2 is 2.04 bits per heavy atom. The molecule has 1 amide bonds. The normalized spacial score (nSPS) is 20.8. The van der Waals surface area contributed by atoms with Crippen LogP contribution in [-0.2, 0) is 0 Å². The molecule has 1 aromatic carbocycles. The summed E-state index contributed by atoms with van der Waals surface area (Å²) < 4.78 is 15.0. The molecule has 25 heavy (non-hydrogen) atoms. The third kappa shape index (κ3) is 3.43. The van der Waals surface area contributed by atoms with E-state index in [1.165, 1.54) is 36.7 Å². The van der Waals surface area contributed by atoms with Crippen LogP contribution in [0.25, 0.3) is 5.69 Å². The summed E-state index contributed by atoms with van der Waals surface area (Å²) in [6.45, 7) is 1.99. The zero-order chi connectivity index (χ0) is 17.4. The first-order valence-corrected chi connectivity index (χ1v) is 9.81. The molecule has 1 saturated heterocycles. The number of amides is 1. The molecule has 1 aliphatic carbocycles. The highest BCUT2D eigenvalue weighted by molar-refractivity contribution is 7.98. The molecule has 1 atom stereocenters. The number of nitrogens with one attached hydrogen (secondary N) is 1. The summed E-state index contributed by atoms with van der Waals surface area (Å²) >= 11 is 1.46. The number of hydrogen-bond acceptors (Lipinski definition) is 4. The standard InChI is InChI=1S/C18H21FN4OS/c1-25-18-20-10-16(23(18)15-4-2-12(19)3-5-15)17(24)21-13-8-9-22(11-13)14-6-7-14/h2-5,10,13-14H,6-9,11H2,1H3,(H,21,24). The SMILES string of the molecule is CSc1ncc(C(=O)NC2CCN(C3CC3)C2)n1-c1ccc(F)cc1. The molecule has 0 spiro atoms. The van der Waals surface area contributed by atoms with Crippen LogP contribution in [0.3, 0.4) is 0 Å². The van der Waals surface area contributed by atoms with Crippen LogP contribution in [0, 0.1) is 5.82 Å². The quantitative estimate of drug-likeness (QED) is 0.833. The zero-order valence-electron chi connectivity index (χ0n) is 14.1. The lowest BCUT2D eigenvalue weighted by Crippen LogP contribution is -2.38. The van der Waals surface area contributed by atoms with E-state index in [2.05, 4.69) is 15.2 Å². The summed E-state index contributed by atoms with van der Waals surface area (Å²) in [6, 6.07) is 7.03. The first-order chi connectivity index (χ1) is 12.2. The van der Waals surface area contributed by atoms with E-state index < -0.39 is 0 Å². The minimum atomic E-state index is -0.299. The van der Waals surface area contributed by atoms with Gasteiger partial charge in [-0.25, -0.2) is 9.37 Å². The number of carbonyl (C=O) groups is 1. The van der Waals surface area contributed by atoms with E-state index in [1.807, 2.05) is 6.26 Å². The zero-order valence-corrected chi connectivity index (χ0v) is 14.9. The van der Waals surface area contributed by atoms with Gasteiger partial charge in [0, 0.05) is 30.9 Å². The predicted molar refractivity (Wildman–Crippen MR) is 95.8 cm³/mol. The van der Waals surface area contributed by atoms with Crippen LogP contribution in [0.1, 0.15) is 29.8 Å². The Morgan fingerprint density at radius 1 is 1.28 bits per heavy atom. The molecule has 7 heteroatoms. The van der Waals surface area contributed by atoms with Crippen molar-refractivity contribution >= 4 is 17.7 Å². The van der Waals surface area contributed by atoms with Crippen LogP contribution < -0.4 is 5.32 Å². The summed E-state index contributed by atoms with van der Waals surface area (Å²) in [5.41, 5.74) is 1.22. The Bertz CT molecular complexity index is 772. The van der Waals surface area contributed by atoms with Crippen LogP contribution in [0.15, 0.2) is 35.6 Å². The number of hydrogen-bond donors (Lipinski definition) is 1. The van der Waals surface area contributed by atoms with Gasteiger partial charge in [0.1, 0.15) is 11.5 Å². The molecule has 1 saturated carbocycles. The largest absolute Gasteiger partial charge is 0.347 e. The van der Waals surface area contributed by atoms with Gasteiger partial charge in [-0.2, -0.15) is 0 Å². The average molecular weight is 360 g/mol. The predicted octanol–water partition coefficient (Wildman–Crippen LogP) is 2.70. The first kappa shape index (κ1) is 16.6.